The lowest BCUT2D eigenvalue weighted by Gasteiger charge is -2.33. The van der Waals surface area contributed by atoms with Crippen LogP contribution in [0.5, 0.6) is 0 Å². The highest BCUT2D eigenvalue weighted by Gasteiger charge is 2.24. The summed E-state index contributed by atoms with van der Waals surface area (Å²) >= 11 is 0. The molecule has 142 valence electrons. The number of piperidine rings is 1. The number of aromatic amines is 1. The maximum atomic E-state index is 4.90. The lowest BCUT2D eigenvalue weighted by atomic mass is 9.96. The molecule has 3 rings (SSSR count). The highest BCUT2D eigenvalue weighted by molar-refractivity contribution is 14.0. The smallest absolute Gasteiger partial charge is 0.194 e. The van der Waals surface area contributed by atoms with Crippen molar-refractivity contribution in [3.05, 3.63) is 47.5 Å². The number of rotatable bonds is 5. The Bertz CT molecular complexity index is 677. The summed E-state index contributed by atoms with van der Waals surface area (Å²) in [6.45, 7) is 7.92. The van der Waals surface area contributed by atoms with Crippen molar-refractivity contribution in [2.45, 2.75) is 45.6 Å². The van der Waals surface area contributed by atoms with Gasteiger partial charge in [-0.1, -0.05) is 31.2 Å². The van der Waals surface area contributed by atoms with E-state index in [4.69, 9.17) is 4.99 Å². The zero-order valence-electron chi connectivity index (χ0n) is 15.6. The third-order valence-electron chi connectivity index (χ3n) is 4.85. The summed E-state index contributed by atoms with van der Waals surface area (Å²) in [6.07, 6.45) is 4.79. The summed E-state index contributed by atoms with van der Waals surface area (Å²) in [6, 6.07) is 8.58. The van der Waals surface area contributed by atoms with Crippen molar-refractivity contribution in [2.75, 3.05) is 19.6 Å². The normalized spacial score (nSPS) is 15.6. The first-order valence-electron chi connectivity index (χ1n) is 9.27. The first-order valence-corrected chi connectivity index (χ1v) is 9.27. The average molecular weight is 468 g/mol. The highest BCUT2D eigenvalue weighted by atomic mass is 127. The standard InChI is InChI=1S/C19H28N6.HI/c1-3-15-7-5-6-8-17(15)13-21-19(20-4-2)25-11-9-16(10-12-25)18-22-14-23-24-18;/h5-8,14,16H,3-4,9-13H2,1-2H3,(H,20,21)(H,22,23,24);1H. The molecular formula is C19H29IN6. The summed E-state index contributed by atoms with van der Waals surface area (Å²) < 4.78 is 0. The van der Waals surface area contributed by atoms with Crippen LogP contribution in [0.15, 0.2) is 35.6 Å². The molecule has 1 aliphatic rings. The van der Waals surface area contributed by atoms with Crippen molar-refractivity contribution < 1.29 is 0 Å². The first-order chi connectivity index (χ1) is 12.3. The van der Waals surface area contributed by atoms with Gasteiger partial charge < -0.3 is 10.2 Å². The minimum absolute atomic E-state index is 0. The second kappa shape index (κ2) is 10.5. The molecule has 0 amide bonds. The number of H-pyrrole nitrogens is 1. The molecule has 0 atom stereocenters. The van der Waals surface area contributed by atoms with E-state index in [0.29, 0.717) is 5.92 Å². The number of benzene rings is 1. The molecule has 0 bridgehead atoms. The Kier molecular flexibility index (Phi) is 8.34. The number of halogens is 1. The van der Waals surface area contributed by atoms with Gasteiger partial charge in [0.05, 0.1) is 6.54 Å². The van der Waals surface area contributed by atoms with Gasteiger partial charge in [0.25, 0.3) is 0 Å². The van der Waals surface area contributed by atoms with E-state index in [1.807, 2.05) is 0 Å². The summed E-state index contributed by atoms with van der Waals surface area (Å²) in [5.74, 6) is 2.50. The molecule has 0 saturated carbocycles. The molecule has 0 radical (unpaired) electrons. The van der Waals surface area contributed by atoms with Gasteiger partial charge in [0.15, 0.2) is 5.96 Å². The molecule has 7 heteroatoms. The Balaban J connectivity index is 0.00000243. The Labute approximate surface area is 172 Å². The maximum Gasteiger partial charge on any atom is 0.194 e. The molecule has 1 aliphatic heterocycles. The van der Waals surface area contributed by atoms with Crippen LogP contribution >= 0.6 is 24.0 Å². The lowest BCUT2D eigenvalue weighted by Crippen LogP contribution is -2.45. The predicted octanol–water partition coefficient (Wildman–Crippen LogP) is 3.33. The number of guanidine groups is 1. The Hall–Kier alpha value is -1.64. The van der Waals surface area contributed by atoms with Crippen LogP contribution in [-0.4, -0.2) is 45.7 Å². The van der Waals surface area contributed by atoms with Crippen LogP contribution in [0.25, 0.3) is 0 Å². The number of aromatic nitrogens is 3. The number of nitrogens with one attached hydrogen (secondary N) is 2. The monoisotopic (exact) mass is 468 g/mol. The summed E-state index contributed by atoms with van der Waals surface area (Å²) in [5.41, 5.74) is 2.70. The van der Waals surface area contributed by atoms with E-state index in [0.717, 1.165) is 57.2 Å². The van der Waals surface area contributed by atoms with Crippen molar-refractivity contribution in [1.82, 2.24) is 25.4 Å². The largest absolute Gasteiger partial charge is 0.357 e. The van der Waals surface area contributed by atoms with E-state index < -0.39 is 0 Å². The van der Waals surface area contributed by atoms with E-state index in [9.17, 15) is 0 Å². The van der Waals surface area contributed by atoms with Crippen molar-refractivity contribution in [3.63, 3.8) is 0 Å². The summed E-state index contributed by atoms with van der Waals surface area (Å²) in [4.78, 5) is 11.6. The van der Waals surface area contributed by atoms with Gasteiger partial charge in [-0.25, -0.2) is 9.98 Å². The molecule has 1 aromatic heterocycles. The van der Waals surface area contributed by atoms with Gasteiger partial charge in [-0.2, -0.15) is 5.10 Å². The molecular weight excluding hydrogens is 439 g/mol. The fourth-order valence-corrected chi connectivity index (χ4v) is 3.42. The first kappa shape index (κ1) is 20.7. The molecule has 0 spiro atoms. The molecule has 1 aromatic carbocycles. The van der Waals surface area contributed by atoms with E-state index >= 15 is 0 Å². The minimum Gasteiger partial charge on any atom is -0.357 e. The van der Waals surface area contributed by atoms with Gasteiger partial charge in [-0.05, 0) is 37.3 Å². The molecule has 1 saturated heterocycles. The molecule has 2 aromatic rings. The van der Waals surface area contributed by atoms with Crippen LogP contribution in [0.3, 0.4) is 0 Å². The number of likely N-dealkylation sites (tertiary alicyclic amines) is 1. The average Bonchev–Trinajstić information content (AvgIpc) is 3.20. The third kappa shape index (κ3) is 5.18. The Morgan fingerprint density at radius 1 is 1.23 bits per heavy atom. The minimum atomic E-state index is 0. The Morgan fingerprint density at radius 3 is 2.58 bits per heavy atom. The molecule has 1 fully saturated rings. The number of hydrogen-bond acceptors (Lipinski definition) is 3. The number of aryl methyl sites for hydroxylation is 1. The van der Waals surface area contributed by atoms with Gasteiger partial charge in [0.1, 0.15) is 12.2 Å². The van der Waals surface area contributed by atoms with E-state index in [1.165, 1.54) is 11.1 Å². The summed E-state index contributed by atoms with van der Waals surface area (Å²) in [7, 11) is 0. The second-order valence-corrected chi connectivity index (χ2v) is 6.42. The fourth-order valence-electron chi connectivity index (χ4n) is 3.42. The van der Waals surface area contributed by atoms with Crippen molar-refractivity contribution in [1.29, 1.82) is 0 Å². The van der Waals surface area contributed by atoms with Gasteiger partial charge in [0.2, 0.25) is 0 Å². The SMILES string of the molecule is CCNC(=NCc1ccccc1CC)N1CCC(c2ncn[nH]2)CC1.I. The number of nitrogens with zero attached hydrogens (tertiary/aromatic N) is 4. The van der Waals surface area contributed by atoms with Crippen molar-refractivity contribution in [3.8, 4) is 0 Å². The van der Waals surface area contributed by atoms with E-state index in [-0.39, 0.29) is 24.0 Å². The van der Waals surface area contributed by atoms with Gasteiger partial charge in [-0.3, -0.25) is 5.10 Å². The molecule has 0 aliphatic carbocycles. The number of hydrogen-bond donors (Lipinski definition) is 2. The molecule has 2 heterocycles. The fraction of sp³-hybridized carbons (Fsp3) is 0.526. The van der Waals surface area contributed by atoms with Gasteiger partial charge in [-0.15, -0.1) is 24.0 Å². The number of aliphatic imine (C=N–C) groups is 1. The van der Waals surface area contributed by atoms with Crippen LogP contribution in [0.2, 0.25) is 0 Å². The lowest BCUT2D eigenvalue weighted by molar-refractivity contribution is 0.299. The molecule has 6 nitrogen and oxygen atoms in total. The topological polar surface area (TPSA) is 69.2 Å². The van der Waals surface area contributed by atoms with Gasteiger partial charge >= 0.3 is 0 Å². The van der Waals surface area contributed by atoms with Crippen molar-refractivity contribution >= 4 is 29.9 Å². The van der Waals surface area contributed by atoms with E-state index in [1.54, 1.807) is 6.33 Å². The maximum absolute atomic E-state index is 4.90. The zero-order valence-corrected chi connectivity index (χ0v) is 17.9. The van der Waals surface area contributed by atoms with Crippen molar-refractivity contribution in [2.24, 2.45) is 4.99 Å². The van der Waals surface area contributed by atoms with Crippen LogP contribution in [0.4, 0.5) is 0 Å². The highest BCUT2D eigenvalue weighted by Crippen LogP contribution is 2.25. The van der Waals surface area contributed by atoms with E-state index in [2.05, 4.69) is 63.5 Å². The molecule has 2 N–H and O–H groups in total. The second-order valence-electron chi connectivity index (χ2n) is 6.42. The van der Waals surface area contributed by atoms with Crippen LogP contribution in [0.1, 0.15) is 49.6 Å². The van der Waals surface area contributed by atoms with Crippen LogP contribution < -0.4 is 5.32 Å². The summed E-state index contributed by atoms with van der Waals surface area (Å²) in [5, 5.41) is 10.4. The molecule has 26 heavy (non-hydrogen) atoms. The van der Waals surface area contributed by atoms with Gasteiger partial charge in [0, 0.05) is 25.6 Å². The molecule has 0 unspecified atom stereocenters. The predicted molar refractivity (Wildman–Crippen MR) is 116 cm³/mol. The van der Waals surface area contributed by atoms with Crippen LogP contribution in [0, 0.1) is 0 Å². The quantitative estimate of drug-likeness (QED) is 0.402. The van der Waals surface area contributed by atoms with Crippen LogP contribution in [-0.2, 0) is 13.0 Å². The zero-order chi connectivity index (χ0) is 17.5. The third-order valence-corrected chi connectivity index (χ3v) is 4.85. The Morgan fingerprint density at radius 2 is 1.96 bits per heavy atom.